The molecule has 1 aliphatic rings. The van der Waals surface area contributed by atoms with Gasteiger partial charge in [0.05, 0.1) is 0 Å². The Balaban J connectivity index is 1.79. The van der Waals surface area contributed by atoms with E-state index in [0.29, 0.717) is 11.0 Å². The van der Waals surface area contributed by atoms with Gasteiger partial charge in [0.25, 0.3) is 0 Å². The molecule has 0 spiro atoms. The smallest absolute Gasteiger partial charge is 0.134 e. The van der Waals surface area contributed by atoms with Crippen molar-refractivity contribution in [3.05, 3.63) is 17.0 Å². The molecule has 5 heteroatoms. The Kier molecular flexibility index (Phi) is 3.61. The second-order valence-electron chi connectivity index (χ2n) is 4.26. The van der Waals surface area contributed by atoms with Crippen LogP contribution in [0.1, 0.15) is 18.7 Å². The van der Waals surface area contributed by atoms with Gasteiger partial charge in [-0.2, -0.15) is 0 Å². The molecule has 4 nitrogen and oxygen atoms in total. The van der Waals surface area contributed by atoms with Gasteiger partial charge in [-0.1, -0.05) is 11.6 Å². The standard InChI is InChI=1S/C11H17ClN4/c1-8-14-10(12)7-11(15-8)13-5-6-16(2)9-3-4-9/h7,9H,3-6H2,1-2H3,(H,13,14,15). The number of hydrogen-bond donors (Lipinski definition) is 1. The quantitative estimate of drug-likeness (QED) is 0.799. The van der Waals surface area contributed by atoms with Gasteiger partial charge < -0.3 is 10.2 Å². The van der Waals surface area contributed by atoms with E-state index >= 15 is 0 Å². The van der Waals surface area contributed by atoms with E-state index in [1.807, 2.05) is 6.92 Å². The molecule has 0 atom stereocenters. The molecule has 1 aromatic heterocycles. The Labute approximate surface area is 101 Å². The molecule has 1 aromatic rings. The van der Waals surface area contributed by atoms with Crippen LogP contribution < -0.4 is 5.32 Å². The third-order valence-corrected chi connectivity index (χ3v) is 2.94. The number of halogens is 1. The van der Waals surface area contributed by atoms with Crippen LogP contribution in [0.15, 0.2) is 6.07 Å². The first-order valence-corrected chi connectivity index (χ1v) is 5.98. The lowest BCUT2D eigenvalue weighted by atomic mass is 10.4. The van der Waals surface area contributed by atoms with Gasteiger partial charge in [-0.3, -0.25) is 0 Å². The van der Waals surface area contributed by atoms with Crippen molar-refractivity contribution in [3.63, 3.8) is 0 Å². The predicted molar refractivity (Wildman–Crippen MR) is 65.9 cm³/mol. The van der Waals surface area contributed by atoms with Crippen molar-refractivity contribution in [1.82, 2.24) is 14.9 Å². The van der Waals surface area contributed by atoms with Crippen molar-refractivity contribution in [3.8, 4) is 0 Å². The normalized spacial score (nSPS) is 15.5. The summed E-state index contributed by atoms with van der Waals surface area (Å²) >= 11 is 5.85. The highest BCUT2D eigenvalue weighted by Gasteiger charge is 2.25. The maximum absolute atomic E-state index is 5.85. The lowest BCUT2D eigenvalue weighted by Crippen LogP contribution is -2.27. The molecule has 2 rings (SSSR count). The van der Waals surface area contributed by atoms with Crippen molar-refractivity contribution in [2.45, 2.75) is 25.8 Å². The van der Waals surface area contributed by atoms with Gasteiger partial charge in [0.2, 0.25) is 0 Å². The summed E-state index contributed by atoms with van der Waals surface area (Å²) in [5.41, 5.74) is 0. The first-order chi connectivity index (χ1) is 7.65. The Bertz CT molecular complexity index is 345. The van der Waals surface area contributed by atoms with Crippen molar-refractivity contribution in [2.24, 2.45) is 0 Å². The summed E-state index contributed by atoms with van der Waals surface area (Å²) in [6.45, 7) is 3.76. The fourth-order valence-corrected chi connectivity index (χ4v) is 1.91. The van der Waals surface area contributed by atoms with Crippen LogP contribution in [0.4, 0.5) is 5.82 Å². The van der Waals surface area contributed by atoms with Crippen LogP contribution >= 0.6 is 11.6 Å². The van der Waals surface area contributed by atoms with Crippen molar-refractivity contribution in [1.29, 1.82) is 0 Å². The fraction of sp³-hybridized carbons (Fsp3) is 0.636. The van der Waals surface area contributed by atoms with E-state index in [0.717, 1.165) is 24.9 Å². The fourth-order valence-electron chi connectivity index (χ4n) is 1.68. The first kappa shape index (κ1) is 11.6. The molecule has 16 heavy (non-hydrogen) atoms. The van der Waals surface area contributed by atoms with E-state index in [2.05, 4.69) is 27.2 Å². The summed E-state index contributed by atoms with van der Waals surface area (Å²) in [4.78, 5) is 10.7. The SMILES string of the molecule is Cc1nc(Cl)cc(NCCN(C)C2CC2)n1. The van der Waals surface area contributed by atoms with Gasteiger partial charge in [0.15, 0.2) is 0 Å². The Morgan fingerprint density at radius 2 is 2.25 bits per heavy atom. The van der Waals surface area contributed by atoms with E-state index < -0.39 is 0 Å². The predicted octanol–water partition coefficient (Wildman–Crippen LogP) is 1.94. The Morgan fingerprint density at radius 1 is 1.50 bits per heavy atom. The van der Waals surface area contributed by atoms with Crippen LogP contribution in [0.2, 0.25) is 5.15 Å². The van der Waals surface area contributed by atoms with E-state index in [-0.39, 0.29) is 0 Å². The van der Waals surface area contributed by atoms with Crippen molar-refractivity contribution in [2.75, 3.05) is 25.5 Å². The number of likely N-dealkylation sites (N-methyl/N-ethyl adjacent to an activating group) is 1. The molecule has 88 valence electrons. The second kappa shape index (κ2) is 4.97. The number of nitrogens with zero attached hydrogens (tertiary/aromatic N) is 3. The van der Waals surface area contributed by atoms with Crippen LogP contribution in [0, 0.1) is 6.92 Å². The maximum Gasteiger partial charge on any atom is 0.134 e. The molecule has 0 amide bonds. The van der Waals surface area contributed by atoms with Gasteiger partial charge in [-0.15, -0.1) is 0 Å². The molecule has 1 aliphatic carbocycles. The Hall–Kier alpha value is -0.870. The lowest BCUT2D eigenvalue weighted by molar-refractivity contribution is 0.337. The molecule has 0 radical (unpaired) electrons. The van der Waals surface area contributed by atoms with Gasteiger partial charge in [0, 0.05) is 25.2 Å². The van der Waals surface area contributed by atoms with E-state index in [4.69, 9.17) is 11.6 Å². The third-order valence-electron chi connectivity index (χ3n) is 2.75. The van der Waals surface area contributed by atoms with Crippen molar-refractivity contribution < 1.29 is 0 Å². The second-order valence-corrected chi connectivity index (χ2v) is 4.65. The van der Waals surface area contributed by atoms with Crippen LogP contribution in [0.3, 0.4) is 0 Å². The average molecular weight is 241 g/mol. The minimum Gasteiger partial charge on any atom is -0.369 e. The number of rotatable bonds is 5. The average Bonchev–Trinajstić information content (AvgIpc) is 2.98. The van der Waals surface area contributed by atoms with Crippen LogP contribution in [0.25, 0.3) is 0 Å². The summed E-state index contributed by atoms with van der Waals surface area (Å²) < 4.78 is 0. The molecule has 1 fully saturated rings. The summed E-state index contributed by atoms with van der Waals surface area (Å²) in [6.07, 6.45) is 2.68. The molecular weight excluding hydrogens is 224 g/mol. The summed E-state index contributed by atoms with van der Waals surface area (Å²) in [6, 6.07) is 2.56. The molecule has 1 saturated carbocycles. The van der Waals surface area contributed by atoms with Crippen LogP contribution in [0.5, 0.6) is 0 Å². The number of aryl methyl sites for hydroxylation is 1. The highest BCUT2D eigenvalue weighted by molar-refractivity contribution is 6.29. The van der Waals surface area contributed by atoms with Gasteiger partial charge in [0.1, 0.15) is 16.8 Å². The molecule has 0 unspecified atom stereocenters. The zero-order valence-electron chi connectivity index (χ0n) is 9.70. The summed E-state index contributed by atoms with van der Waals surface area (Å²) in [7, 11) is 2.16. The molecule has 0 aliphatic heterocycles. The monoisotopic (exact) mass is 240 g/mol. The van der Waals surface area contributed by atoms with Gasteiger partial charge >= 0.3 is 0 Å². The van der Waals surface area contributed by atoms with Crippen molar-refractivity contribution >= 4 is 17.4 Å². The minimum atomic E-state index is 0.491. The summed E-state index contributed by atoms with van der Waals surface area (Å²) in [5.74, 6) is 1.51. The molecule has 0 saturated heterocycles. The topological polar surface area (TPSA) is 41.1 Å². The number of hydrogen-bond acceptors (Lipinski definition) is 4. The maximum atomic E-state index is 5.85. The molecule has 0 aromatic carbocycles. The highest BCUT2D eigenvalue weighted by Crippen LogP contribution is 2.24. The van der Waals surface area contributed by atoms with Gasteiger partial charge in [-0.25, -0.2) is 9.97 Å². The Morgan fingerprint density at radius 3 is 2.88 bits per heavy atom. The number of anilines is 1. The van der Waals surface area contributed by atoms with E-state index in [9.17, 15) is 0 Å². The highest BCUT2D eigenvalue weighted by atomic mass is 35.5. The summed E-state index contributed by atoms with van der Waals surface area (Å²) in [5, 5.41) is 3.75. The van der Waals surface area contributed by atoms with Crippen LogP contribution in [-0.2, 0) is 0 Å². The minimum absolute atomic E-state index is 0.491. The zero-order chi connectivity index (χ0) is 11.5. The third kappa shape index (κ3) is 3.32. The molecular formula is C11H17ClN4. The van der Waals surface area contributed by atoms with E-state index in [1.54, 1.807) is 6.07 Å². The number of nitrogens with one attached hydrogen (secondary N) is 1. The van der Waals surface area contributed by atoms with Gasteiger partial charge in [-0.05, 0) is 26.8 Å². The van der Waals surface area contributed by atoms with Crippen LogP contribution in [-0.4, -0.2) is 41.0 Å². The molecule has 0 bridgehead atoms. The first-order valence-electron chi connectivity index (χ1n) is 5.60. The molecule has 1 heterocycles. The van der Waals surface area contributed by atoms with E-state index in [1.165, 1.54) is 12.8 Å². The largest absolute Gasteiger partial charge is 0.369 e. The molecule has 1 N–H and O–H groups in total. The lowest BCUT2D eigenvalue weighted by Gasteiger charge is -2.16. The zero-order valence-corrected chi connectivity index (χ0v) is 10.5. The number of aromatic nitrogens is 2.